The second-order valence-electron chi connectivity index (χ2n) is 5.94. The lowest BCUT2D eigenvalue weighted by Crippen LogP contribution is -2.42. The second kappa shape index (κ2) is 5.74. The van der Waals surface area contributed by atoms with Gasteiger partial charge in [-0.3, -0.25) is 4.99 Å². The van der Waals surface area contributed by atoms with Gasteiger partial charge in [-0.25, -0.2) is 0 Å². The quantitative estimate of drug-likeness (QED) is 0.584. The molecule has 2 aliphatic carbocycles. The van der Waals surface area contributed by atoms with Crippen LogP contribution in [-0.2, 0) is 0 Å². The molecule has 3 heteroatoms. The Morgan fingerprint density at radius 3 is 2.47 bits per heavy atom. The Labute approximate surface area is 105 Å². The molecule has 98 valence electrons. The molecule has 0 aromatic rings. The van der Waals surface area contributed by atoms with Crippen LogP contribution in [0.15, 0.2) is 4.99 Å². The normalized spacial score (nSPS) is 37.7. The number of guanidine groups is 1. The Balaban J connectivity index is 1.71. The first-order valence-corrected chi connectivity index (χ1v) is 7.18. The predicted molar refractivity (Wildman–Crippen MR) is 73.2 cm³/mol. The van der Waals surface area contributed by atoms with Crippen LogP contribution >= 0.6 is 0 Å². The minimum atomic E-state index is 0.657. The van der Waals surface area contributed by atoms with Crippen LogP contribution in [0, 0.1) is 17.8 Å². The van der Waals surface area contributed by atoms with E-state index >= 15 is 0 Å². The molecule has 2 saturated carbocycles. The first-order chi connectivity index (χ1) is 8.20. The summed E-state index contributed by atoms with van der Waals surface area (Å²) in [5, 5.41) is 6.98. The summed E-state index contributed by atoms with van der Waals surface area (Å²) < 4.78 is 0. The van der Waals surface area contributed by atoms with Crippen LogP contribution in [0.1, 0.15) is 46.0 Å². The van der Waals surface area contributed by atoms with Gasteiger partial charge in [-0.05, 0) is 30.6 Å². The van der Waals surface area contributed by atoms with E-state index in [2.05, 4.69) is 29.5 Å². The Bertz CT molecular complexity index is 275. The van der Waals surface area contributed by atoms with Crippen LogP contribution in [0.3, 0.4) is 0 Å². The van der Waals surface area contributed by atoms with Gasteiger partial charge in [0.15, 0.2) is 5.96 Å². The molecule has 4 unspecified atom stereocenters. The molecule has 0 bridgehead atoms. The molecule has 2 fully saturated rings. The molecular formula is C14H27N3. The van der Waals surface area contributed by atoms with E-state index in [1.54, 1.807) is 0 Å². The lowest BCUT2D eigenvalue weighted by atomic mass is 9.80. The van der Waals surface area contributed by atoms with Crippen molar-refractivity contribution < 1.29 is 0 Å². The van der Waals surface area contributed by atoms with E-state index in [1.165, 1.54) is 32.1 Å². The Hall–Kier alpha value is -0.730. The zero-order valence-electron chi connectivity index (χ0n) is 11.5. The first-order valence-electron chi connectivity index (χ1n) is 7.18. The summed E-state index contributed by atoms with van der Waals surface area (Å²) in [4.78, 5) is 4.31. The molecule has 0 amide bonds. The molecule has 0 saturated heterocycles. The maximum atomic E-state index is 4.31. The van der Waals surface area contributed by atoms with Crippen molar-refractivity contribution in [2.45, 2.75) is 52.0 Å². The molecule has 0 heterocycles. The number of aliphatic imine (C=N–C) groups is 1. The van der Waals surface area contributed by atoms with Gasteiger partial charge in [0.25, 0.3) is 0 Å². The highest BCUT2D eigenvalue weighted by atomic mass is 15.2. The number of hydrogen-bond acceptors (Lipinski definition) is 1. The number of nitrogens with one attached hydrogen (secondary N) is 2. The number of hydrogen-bond donors (Lipinski definition) is 2. The number of nitrogens with zero attached hydrogens (tertiary/aromatic N) is 1. The topological polar surface area (TPSA) is 36.4 Å². The van der Waals surface area contributed by atoms with E-state index in [4.69, 9.17) is 0 Å². The largest absolute Gasteiger partial charge is 0.356 e. The summed E-state index contributed by atoms with van der Waals surface area (Å²) in [7, 11) is 1.87. The third-order valence-corrected chi connectivity index (χ3v) is 4.48. The minimum Gasteiger partial charge on any atom is -0.356 e. The highest BCUT2D eigenvalue weighted by Gasteiger charge is 2.33. The summed E-state index contributed by atoms with van der Waals surface area (Å²) in [6, 6.07) is 0.657. The van der Waals surface area contributed by atoms with E-state index < -0.39 is 0 Å². The van der Waals surface area contributed by atoms with Crippen LogP contribution in [-0.4, -0.2) is 25.6 Å². The van der Waals surface area contributed by atoms with Crippen molar-refractivity contribution in [2.24, 2.45) is 22.7 Å². The molecule has 2 aliphatic rings. The van der Waals surface area contributed by atoms with Gasteiger partial charge < -0.3 is 10.6 Å². The zero-order chi connectivity index (χ0) is 12.3. The van der Waals surface area contributed by atoms with Gasteiger partial charge in [-0.1, -0.05) is 33.1 Å². The maximum absolute atomic E-state index is 4.31. The lowest BCUT2D eigenvalue weighted by Gasteiger charge is -2.29. The van der Waals surface area contributed by atoms with E-state index in [0.717, 1.165) is 30.3 Å². The molecule has 0 aromatic carbocycles. The third kappa shape index (κ3) is 3.62. The molecule has 2 N–H and O–H groups in total. The van der Waals surface area contributed by atoms with Crippen LogP contribution in [0.25, 0.3) is 0 Å². The fraction of sp³-hybridized carbons (Fsp3) is 0.929. The minimum absolute atomic E-state index is 0.657. The SMILES string of the molecule is CN=C(NCC1CCCCC1C)NC1CC1C. The third-order valence-electron chi connectivity index (χ3n) is 4.48. The van der Waals surface area contributed by atoms with Crippen molar-refractivity contribution in [1.82, 2.24) is 10.6 Å². The zero-order valence-corrected chi connectivity index (χ0v) is 11.5. The van der Waals surface area contributed by atoms with Crippen molar-refractivity contribution in [1.29, 1.82) is 0 Å². The van der Waals surface area contributed by atoms with Crippen molar-refractivity contribution in [3.05, 3.63) is 0 Å². The second-order valence-corrected chi connectivity index (χ2v) is 5.94. The molecule has 0 aromatic heterocycles. The average molecular weight is 237 g/mol. The monoisotopic (exact) mass is 237 g/mol. The highest BCUT2D eigenvalue weighted by Crippen LogP contribution is 2.30. The molecule has 17 heavy (non-hydrogen) atoms. The highest BCUT2D eigenvalue weighted by molar-refractivity contribution is 5.80. The van der Waals surface area contributed by atoms with Gasteiger partial charge in [-0.2, -0.15) is 0 Å². The van der Waals surface area contributed by atoms with Crippen LogP contribution in [0.2, 0.25) is 0 Å². The Morgan fingerprint density at radius 2 is 1.88 bits per heavy atom. The summed E-state index contributed by atoms with van der Waals surface area (Å²) in [5.41, 5.74) is 0. The van der Waals surface area contributed by atoms with Gasteiger partial charge in [-0.15, -0.1) is 0 Å². The Morgan fingerprint density at radius 1 is 1.18 bits per heavy atom. The molecule has 0 aliphatic heterocycles. The van der Waals surface area contributed by atoms with Crippen molar-refractivity contribution in [2.75, 3.05) is 13.6 Å². The van der Waals surface area contributed by atoms with E-state index in [-0.39, 0.29) is 0 Å². The summed E-state index contributed by atoms with van der Waals surface area (Å²) >= 11 is 0. The lowest BCUT2D eigenvalue weighted by molar-refractivity contribution is 0.256. The van der Waals surface area contributed by atoms with Gasteiger partial charge in [0.2, 0.25) is 0 Å². The van der Waals surface area contributed by atoms with E-state index in [9.17, 15) is 0 Å². The fourth-order valence-corrected chi connectivity index (χ4v) is 2.82. The average Bonchev–Trinajstić information content (AvgIpc) is 3.02. The molecular weight excluding hydrogens is 210 g/mol. The van der Waals surface area contributed by atoms with Crippen LogP contribution in [0.4, 0.5) is 0 Å². The molecule has 3 nitrogen and oxygen atoms in total. The van der Waals surface area contributed by atoms with Gasteiger partial charge in [0.1, 0.15) is 0 Å². The smallest absolute Gasteiger partial charge is 0.191 e. The predicted octanol–water partition coefficient (Wildman–Crippen LogP) is 2.39. The molecule has 2 rings (SSSR count). The van der Waals surface area contributed by atoms with Crippen LogP contribution < -0.4 is 10.6 Å². The summed E-state index contributed by atoms with van der Waals surface area (Å²) in [6.45, 7) is 5.76. The first kappa shape index (κ1) is 12.7. The molecule has 0 spiro atoms. The molecule has 0 radical (unpaired) electrons. The van der Waals surface area contributed by atoms with Crippen molar-refractivity contribution >= 4 is 5.96 Å². The van der Waals surface area contributed by atoms with Crippen molar-refractivity contribution in [3.63, 3.8) is 0 Å². The Kier molecular flexibility index (Phi) is 4.30. The van der Waals surface area contributed by atoms with Gasteiger partial charge in [0, 0.05) is 19.6 Å². The number of rotatable bonds is 3. The van der Waals surface area contributed by atoms with E-state index in [1.807, 2.05) is 7.05 Å². The fourth-order valence-electron chi connectivity index (χ4n) is 2.82. The maximum Gasteiger partial charge on any atom is 0.191 e. The van der Waals surface area contributed by atoms with Gasteiger partial charge in [0.05, 0.1) is 0 Å². The van der Waals surface area contributed by atoms with Gasteiger partial charge >= 0.3 is 0 Å². The standard InChI is InChI=1S/C14H27N3/c1-10-6-4-5-7-12(10)9-16-14(15-3)17-13-8-11(13)2/h10-13H,4-9H2,1-3H3,(H2,15,16,17). The molecule has 4 atom stereocenters. The van der Waals surface area contributed by atoms with Crippen LogP contribution in [0.5, 0.6) is 0 Å². The summed E-state index contributed by atoms with van der Waals surface area (Å²) in [5.74, 6) is 3.52. The summed E-state index contributed by atoms with van der Waals surface area (Å²) in [6.07, 6.45) is 6.90. The van der Waals surface area contributed by atoms with E-state index in [0.29, 0.717) is 6.04 Å². The van der Waals surface area contributed by atoms with Crippen molar-refractivity contribution in [3.8, 4) is 0 Å².